The van der Waals surface area contributed by atoms with Crippen LogP contribution in [0.15, 0.2) is 41.5 Å². The van der Waals surface area contributed by atoms with Gasteiger partial charge in [0.15, 0.2) is 5.96 Å². The molecule has 25 heavy (non-hydrogen) atoms. The summed E-state index contributed by atoms with van der Waals surface area (Å²) in [6, 6.07) is 9.01. The zero-order chi connectivity index (χ0) is 17.5. The Morgan fingerprint density at radius 1 is 1.36 bits per heavy atom. The van der Waals surface area contributed by atoms with Gasteiger partial charge in [-0.1, -0.05) is 35.3 Å². The summed E-state index contributed by atoms with van der Waals surface area (Å²) in [7, 11) is 0. The third-order valence-electron chi connectivity index (χ3n) is 3.34. The monoisotopic (exact) mass is 494 g/mol. The highest BCUT2D eigenvalue weighted by atomic mass is 127. The van der Waals surface area contributed by atoms with Gasteiger partial charge in [0.05, 0.1) is 19.2 Å². The van der Waals surface area contributed by atoms with Gasteiger partial charge in [-0.3, -0.25) is 0 Å². The molecule has 1 aromatic heterocycles. The fourth-order valence-corrected chi connectivity index (χ4v) is 2.75. The largest absolute Gasteiger partial charge is 0.478 e. The van der Waals surface area contributed by atoms with Crippen LogP contribution in [-0.4, -0.2) is 17.6 Å². The van der Waals surface area contributed by atoms with Gasteiger partial charge in [0.1, 0.15) is 0 Å². The molecule has 0 saturated heterocycles. The van der Waals surface area contributed by atoms with Crippen LogP contribution in [0.25, 0.3) is 0 Å². The first kappa shape index (κ1) is 21.8. The van der Waals surface area contributed by atoms with Crippen molar-refractivity contribution in [3.63, 3.8) is 0 Å². The van der Waals surface area contributed by atoms with Crippen molar-refractivity contribution in [2.75, 3.05) is 6.61 Å². The zero-order valence-corrected chi connectivity index (χ0v) is 17.8. The lowest BCUT2D eigenvalue weighted by molar-refractivity contribution is 0.323. The van der Waals surface area contributed by atoms with E-state index in [1.165, 1.54) is 0 Å². The minimum Gasteiger partial charge on any atom is -0.478 e. The molecule has 0 aliphatic heterocycles. The van der Waals surface area contributed by atoms with Crippen molar-refractivity contribution in [2.45, 2.75) is 26.4 Å². The average Bonchev–Trinajstić information content (AvgIpc) is 2.54. The summed E-state index contributed by atoms with van der Waals surface area (Å²) in [5, 5.41) is 4.30. The van der Waals surface area contributed by atoms with Crippen molar-refractivity contribution in [3.8, 4) is 5.88 Å². The molecule has 0 amide bonds. The van der Waals surface area contributed by atoms with E-state index in [1.54, 1.807) is 18.3 Å². The normalized spacial score (nSPS) is 12.2. The molecule has 0 aliphatic carbocycles. The lowest BCUT2D eigenvalue weighted by atomic mass is 10.1. The second-order valence-corrected chi connectivity index (χ2v) is 5.98. The van der Waals surface area contributed by atoms with Gasteiger partial charge in [-0.2, -0.15) is 0 Å². The summed E-state index contributed by atoms with van der Waals surface area (Å²) >= 11 is 12.1. The number of halogens is 3. The van der Waals surface area contributed by atoms with Crippen molar-refractivity contribution in [2.24, 2.45) is 10.7 Å². The van der Waals surface area contributed by atoms with Crippen LogP contribution in [0.2, 0.25) is 10.0 Å². The molecule has 5 nitrogen and oxygen atoms in total. The summed E-state index contributed by atoms with van der Waals surface area (Å²) in [5.41, 5.74) is 7.75. The Morgan fingerprint density at radius 3 is 2.80 bits per heavy atom. The van der Waals surface area contributed by atoms with Gasteiger partial charge in [-0.05, 0) is 37.6 Å². The van der Waals surface area contributed by atoms with Gasteiger partial charge >= 0.3 is 0 Å². The first-order valence-electron chi connectivity index (χ1n) is 7.59. The predicted octanol–water partition coefficient (Wildman–Crippen LogP) is 4.57. The van der Waals surface area contributed by atoms with E-state index in [0.29, 0.717) is 35.0 Å². The number of guanidine groups is 1. The lowest BCUT2D eigenvalue weighted by Crippen LogP contribution is -2.34. The minimum atomic E-state index is -0.0984. The predicted molar refractivity (Wildman–Crippen MR) is 114 cm³/mol. The fourth-order valence-electron chi connectivity index (χ4n) is 2.18. The molecule has 0 fully saturated rings. The Morgan fingerprint density at radius 2 is 2.12 bits per heavy atom. The van der Waals surface area contributed by atoms with Crippen LogP contribution < -0.4 is 15.8 Å². The molecule has 0 saturated carbocycles. The van der Waals surface area contributed by atoms with E-state index in [4.69, 9.17) is 33.7 Å². The number of nitrogens with two attached hydrogens (primary N) is 1. The van der Waals surface area contributed by atoms with E-state index in [2.05, 4.69) is 15.3 Å². The minimum absolute atomic E-state index is 0. The van der Waals surface area contributed by atoms with Crippen molar-refractivity contribution < 1.29 is 4.74 Å². The standard InChI is InChI=1S/C17H20Cl2N4O.HI/c1-3-24-16-12(5-4-8-21-16)10-22-17(20)23-11(2)14-7-6-13(18)9-15(14)19;/h4-9,11H,3,10H2,1-2H3,(H3,20,22,23);1H. The van der Waals surface area contributed by atoms with Gasteiger partial charge in [0.25, 0.3) is 0 Å². The maximum atomic E-state index is 6.21. The highest BCUT2D eigenvalue weighted by Crippen LogP contribution is 2.26. The molecule has 1 unspecified atom stereocenters. The van der Waals surface area contributed by atoms with Crippen LogP contribution in [-0.2, 0) is 6.54 Å². The van der Waals surface area contributed by atoms with Crippen LogP contribution in [0, 0.1) is 0 Å². The molecular formula is C17H21Cl2IN4O. The van der Waals surface area contributed by atoms with Crippen LogP contribution in [0.4, 0.5) is 0 Å². The Hall–Kier alpha value is -1.25. The summed E-state index contributed by atoms with van der Waals surface area (Å²) in [5.74, 6) is 0.894. The fraction of sp³-hybridized carbons (Fsp3) is 0.294. The number of pyridine rings is 1. The highest BCUT2D eigenvalue weighted by molar-refractivity contribution is 14.0. The van der Waals surface area contributed by atoms with Crippen molar-refractivity contribution in [1.29, 1.82) is 0 Å². The molecule has 2 rings (SSSR count). The molecule has 0 spiro atoms. The SMILES string of the molecule is CCOc1ncccc1CN=C(N)NC(C)c1ccc(Cl)cc1Cl.I. The average molecular weight is 495 g/mol. The van der Waals surface area contributed by atoms with Crippen molar-refractivity contribution in [1.82, 2.24) is 10.3 Å². The van der Waals surface area contributed by atoms with Gasteiger partial charge in [0, 0.05) is 21.8 Å². The summed E-state index contributed by atoms with van der Waals surface area (Å²) in [6.45, 7) is 4.79. The number of benzene rings is 1. The second-order valence-electron chi connectivity index (χ2n) is 5.13. The van der Waals surface area contributed by atoms with E-state index in [9.17, 15) is 0 Å². The number of nitrogens with one attached hydrogen (secondary N) is 1. The highest BCUT2D eigenvalue weighted by Gasteiger charge is 2.11. The summed E-state index contributed by atoms with van der Waals surface area (Å²) < 4.78 is 5.48. The van der Waals surface area contributed by atoms with E-state index < -0.39 is 0 Å². The molecule has 2 aromatic rings. The number of ether oxygens (including phenoxy) is 1. The number of aromatic nitrogens is 1. The van der Waals surface area contributed by atoms with Gasteiger partial charge < -0.3 is 15.8 Å². The maximum absolute atomic E-state index is 6.21. The van der Waals surface area contributed by atoms with E-state index in [0.717, 1.165) is 11.1 Å². The zero-order valence-electron chi connectivity index (χ0n) is 14.0. The molecule has 136 valence electrons. The number of hydrogen-bond donors (Lipinski definition) is 2. The van der Waals surface area contributed by atoms with E-state index >= 15 is 0 Å². The van der Waals surface area contributed by atoms with Crippen LogP contribution in [0.5, 0.6) is 5.88 Å². The Bertz CT molecular complexity index is 728. The quantitative estimate of drug-likeness (QED) is 0.350. The molecule has 0 aliphatic rings. The number of nitrogens with zero attached hydrogens (tertiary/aromatic N) is 2. The number of hydrogen-bond acceptors (Lipinski definition) is 3. The molecule has 1 atom stereocenters. The molecule has 3 N–H and O–H groups in total. The molecule has 1 heterocycles. The van der Waals surface area contributed by atoms with Gasteiger partial charge in [0.2, 0.25) is 5.88 Å². The second kappa shape index (κ2) is 10.7. The Kier molecular flexibility index (Phi) is 9.31. The van der Waals surface area contributed by atoms with E-state index in [-0.39, 0.29) is 30.0 Å². The molecule has 8 heteroatoms. The molecule has 0 radical (unpaired) electrons. The molecule has 1 aromatic carbocycles. The van der Waals surface area contributed by atoms with Crippen LogP contribution in [0.3, 0.4) is 0 Å². The third-order valence-corrected chi connectivity index (χ3v) is 3.91. The van der Waals surface area contributed by atoms with E-state index in [1.807, 2.05) is 32.0 Å². The smallest absolute Gasteiger partial charge is 0.218 e. The summed E-state index contributed by atoms with van der Waals surface area (Å²) in [4.78, 5) is 8.54. The maximum Gasteiger partial charge on any atom is 0.218 e. The number of aliphatic imine (C=N–C) groups is 1. The molecular weight excluding hydrogens is 474 g/mol. The van der Waals surface area contributed by atoms with Crippen LogP contribution >= 0.6 is 47.2 Å². The Balaban J connectivity index is 0.00000312. The molecule has 0 bridgehead atoms. The topological polar surface area (TPSA) is 72.5 Å². The van der Waals surface area contributed by atoms with Crippen molar-refractivity contribution >= 4 is 53.1 Å². The third kappa shape index (κ3) is 6.52. The first-order valence-corrected chi connectivity index (χ1v) is 8.35. The van der Waals surface area contributed by atoms with Crippen molar-refractivity contribution in [3.05, 3.63) is 57.7 Å². The van der Waals surface area contributed by atoms with Gasteiger partial charge in [-0.25, -0.2) is 9.98 Å². The van der Waals surface area contributed by atoms with Gasteiger partial charge in [-0.15, -0.1) is 24.0 Å². The number of rotatable bonds is 6. The van der Waals surface area contributed by atoms with Crippen LogP contribution in [0.1, 0.15) is 31.0 Å². The lowest BCUT2D eigenvalue weighted by Gasteiger charge is -2.16. The Labute approximate surface area is 175 Å². The summed E-state index contributed by atoms with van der Waals surface area (Å²) in [6.07, 6.45) is 1.68. The first-order chi connectivity index (χ1) is 11.5.